The number of methoxy groups -OCH3 is 3. The molecule has 0 radical (unpaired) electrons. The number of carbonyl (C=O) groups is 1. The summed E-state index contributed by atoms with van der Waals surface area (Å²) in [4.78, 5) is 11.3. The monoisotopic (exact) mass is 247 g/mol. The van der Waals surface area contributed by atoms with Crippen molar-refractivity contribution in [1.82, 2.24) is 0 Å². The summed E-state index contributed by atoms with van der Waals surface area (Å²) >= 11 is 0. The fraction of sp³-hybridized carbons (Fsp3) is 0.231. The number of rotatable bonds is 4. The molecule has 0 spiro atoms. The Morgan fingerprint density at radius 1 is 1.28 bits per heavy atom. The number of nitrogens with zero attached hydrogens (tertiary/aromatic N) is 1. The molecule has 5 heteroatoms. The molecule has 0 fully saturated rings. The Hall–Kier alpha value is -2.48. The summed E-state index contributed by atoms with van der Waals surface area (Å²) in [5.41, 5.74) is 0.461. The van der Waals surface area contributed by atoms with Gasteiger partial charge in [-0.2, -0.15) is 5.26 Å². The molecule has 0 aliphatic heterocycles. The van der Waals surface area contributed by atoms with Crippen LogP contribution in [0.3, 0.4) is 0 Å². The second kappa shape index (κ2) is 6.30. The standard InChI is InChI=1S/C13H13NO4/c1-16-11-6-4-5-9(12(11)17-2)7-10(8-14)13(15)18-3/h4-7H,1-3H3/b10-7+. The van der Waals surface area contributed by atoms with E-state index >= 15 is 0 Å². The van der Waals surface area contributed by atoms with Crippen molar-refractivity contribution in [2.24, 2.45) is 0 Å². The maximum absolute atomic E-state index is 11.3. The Kier molecular flexibility index (Phi) is 4.76. The minimum Gasteiger partial charge on any atom is -0.493 e. The average Bonchev–Trinajstić information content (AvgIpc) is 2.43. The van der Waals surface area contributed by atoms with Crippen LogP contribution in [-0.4, -0.2) is 27.3 Å². The summed E-state index contributed by atoms with van der Waals surface area (Å²) < 4.78 is 14.8. The Balaban J connectivity index is 3.29. The van der Waals surface area contributed by atoms with Crippen LogP contribution in [0.4, 0.5) is 0 Å². The fourth-order valence-electron chi connectivity index (χ4n) is 1.43. The van der Waals surface area contributed by atoms with E-state index in [4.69, 9.17) is 14.7 Å². The zero-order valence-electron chi connectivity index (χ0n) is 10.4. The second-order valence-corrected chi connectivity index (χ2v) is 3.24. The van der Waals surface area contributed by atoms with Gasteiger partial charge in [-0.3, -0.25) is 0 Å². The second-order valence-electron chi connectivity index (χ2n) is 3.24. The molecule has 0 aliphatic rings. The maximum Gasteiger partial charge on any atom is 0.348 e. The van der Waals surface area contributed by atoms with Crippen LogP contribution in [0.2, 0.25) is 0 Å². The summed E-state index contributed by atoms with van der Waals surface area (Å²) in [7, 11) is 4.21. The third-order valence-corrected chi connectivity index (χ3v) is 2.26. The first-order valence-corrected chi connectivity index (χ1v) is 5.09. The number of benzene rings is 1. The van der Waals surface area contributed by atoms with E-state index in [1.807, 2.05) is 0 Å². The van der Waals surface area contributed by atoms with Crippen LogP contribution in [0.15, 0.2) is 23.8 Å². The molecule has 1 rings (SSSR count). The van der Waals surface area contributed by atoms with Crippen LogP contribution in [0.1, 0.15) is 5.56 Å². The first-order chi connectivity index (χ1) is 8.67. The van der Waals surface area contributed by atoms with Gasteiger partial charge in [0, 0.05) is 5.56 Å². The summed E-state index contributed by atoms with van der Waals surface area (Å²) in [6.07, 6.45) is 1.40. The molecular weight excluding hydrogens is 234 g/mol. The van der Waals surface area contributed by atoms with Crippen LogP contribution in [0.5, 0.6) is 11.5 Å². The third kappa shape index (κ3) is 2.80. The minimum absolute atomic E-state index is 0.107. The molecule has 0 saturated heterocycles. The van der Waals surface area contributed by atoms with Gasteiger partial charge in [0.25, 0.3) is 0 Å². The SMILES string of the molecule is COC(=O)/C(C#N)=C/c1cccc(OC)c1OC. The van der Waals surface area contributed by atoms with Crippen LogP contribution in [0, 0.1) is 11.3 Å². The van der Waals surface area contributed by atoms with Gasteiger partial charge in [-0.25, -0.2) is 4.79 Å². The molecule has 0 bridgehead atoms. The van der Waals surface area contributed by atoms with Crippen molar-refractivity contribution in [2.45, 2.75) is 0 Å². The Morgan fingerprint density at radius 2 is 2.00 bits per heavy atom. The minimum atomic E-state index is -0.692. The number of nitriles is 1. The molecule has 18 heavy (non-hydrogen) atoms. The zero-order chi connectivity index (χ0) is 13.5. The maximum atomic E-state index is 11.3. The molecule has 0 saturated carbocycles. The van der Waals surface area contributed by atoms with Gasteiger partial charge in [-0.1, -0.05) is 12.1 Å². The highest BCUT2D eigenvalue weighted by Gasteiger charge is 2.12. The lowest BCUT2D eigenvalue weighted by molar-refractivity contribution is -0.135. The largest absolute Gasteiger partial charge is 0.493 e. The van der Waals surface area contributed by atoms with Crippen LogP contribution < -0.4 is 9.47 Å². The molecule has 5 nitrogen and oxygen atoms in total. The molecular formula is C13H13NO4. The quantitative estimate of drug-likeness (QED) is 0.461. The summed E-state index contributed by atoms with van der Waals surface area (Å²) in [6.45, 7) is 0. The predicted molar refractivity (Wildman–Crippen MR) is 65.2 cm³/mol. The lowest BCUT2D eigenvalue weighted by Gasteiger charge is -2.10. The number of esters is 1. The van der Waals surface area contributed by atoms with Crippen molar-refractivity contribution in [2.75, 3.05) is 21.3 Å². The number of hydrogen-bond donors (Lipinski definition) is 0. The number of carbonyl (C=O) groups excluding carboxylic acids is 1. The van der Waals surface area contributed by atoms with Gasteiger partial charge < -0.3 is 14.2 Å². The van der Waals surface area contributed by atoms with E-state index in [0.717, 1.165) is 0 Å². The van der Waals surface area contributed by atoms with Crippen molar-refractivity contribution in [3.8, 4) is 17.6 Å². The van der Waals surface area contributed by atoms with Crippen molar-refractivity contribution in [3.05, 3.63) is 29.3 Å². The normalized spacial score (nSPS) is 10.4. The smallest absolute Gasteiger partial charge is 0.348 e. The van der Waals surface area contributed by atoms with Crippen molar-refractivity contribution < 1.29 is 19.0 Å². The van der Waals surface area contributed by atoms with E-state index in [2.05, 4.69) is 4.74 Å². The van der Waals surface area contributed by atoms with Gasteiger partial charge in [0.05, 0.1) is 21.3 Å². The molecule has 0 unspecified atom stereocenters. The number of para-hydroxylation sites is 1. The van der Waals surface area contributed by atoms with E-state index < -0.39 is 5.97 Å². The molecule has 0 atom stereocenters. The van der Waals surface area contributed by atoms with Crippen LogP contribution >= 0.6 is 0 Å². The summed E-state index contributed by atoms with van der Waals surface area (Å²) in [5, 5.41) is 8.89. The highest BCUT2D eigenvalue weighted by atomic mass is 16.5. The van der Waals surface area contributed by atoms with Crippen molar-refractivity contribution in [3.63, 3.8) is 0 Å². The molecule has 1 aromatic rings. The summed E-state index contributed by atoms with van der Waals surface area (Å²) in [5.74, 6) is 0.285. The summed E-state index contributed by atoms with van der Waals surface area (Å²) in [6, 6.07) is 6.95. The molecule has 1 aromatic carbocycles. The third-order valence-electron chi connectivity index (χ3n) is 2.26. The van der Waals surface area contributed by atoms with Gasteiger partial charge in [0.1, 0.15) is 11.6 Å². The molecule has 0 N–H and O–H groups in total. The highest BCUT2D eigenvalue weighted by molar-refractivity contribution is 5.98. The topological polar surface area (TPSA) is 68.6 Å². The van der Waals surface area contributed by atoms with Crippen molar-refractivity contribution >= 4 is 12.0 Å². The Bertz CT molecular complexity index is 514. The highest BCUT2D eigenvalue weighted by Crippen LogP contribution is 2.32. The van der Waals surface area contributed by atoms with Crippen LogP contribution in [0.25, 0.3) is 6.08 Å². The van der Waals surface area contributed by atoms with Gasteiger partial charge in [-0.05, 0) is 12.1 Å². The van der Waals surface area contributed by atoms with Gasteiger partial charge in [0.2, 0.25) is 0 Å². The lowest BCUT2D eigenvalue weighted by atomic mass is 10.1. The molecule has 94 valence electrons. The van der Waals surface area contributed by atoms with E-state index in [1.165, 1.54) is 27.4 Å². The molecule has 0 aliphatic carbocycles. The van der Waals surface area contributed by atoms with E-state index in [-0.39, 0.29) is 5.57 Å². The molecule has 0 amide bonds. The van der Waals surface area contributed by atoms with Gasteiger partial charge in [0.15, 0.2) is 11.5 Å². The van der Waals surface area contributed by atoms with E-state index in [9.17, 15) is 4.79 Å². The average molecular weight is 247 g/mol. The first kappa shape index (κ1) is 13.6. The van der Waals surface area contributed by atoms with Crippen LogP contribution in [-0.2, 0) is 9.53 Å². The number of hydrogen-bond acceptors (Lipinski definition) is 5. The predicted octanol–water partition coefficient (Wildman–Crippen LogP) is 1.78. The van der Waals surface area contributed by atoms with E-state index in [1.54, 1.807) is 24.3 Å². The Labute approximate surface area is 105 Å². The molecule has 0 heterocycles. The molecule has 0 aromatic heterocycles. The number of ether oxygens (including phenoxy) is 3. The van der Waals surface area contributed by atoms with Gasteiger partial charge in [-0.15, -0.1) is 0 Å². The Morgan fingerprint density at radius 3 is 2.50 bits per heavy atom. The lowest BCUT2D eigenvalue weighted by Crippen LogP contribution is -2.03. The fourth-order valence-corrected chi connectivity index (χ4v) is 1.43. The first-order valence-electron chi connectivity index (χ1n) is 5.09. The zero-order valence-corrected chi connectivity index (χ0v) is 10.4. The van der Waals surface area contributed by atoms with E-state index in [0.29, 0.717) is 17.1 Å². The van der Waals surface area contributed by atoms with Gasteiger partial charge >= 0.3 is 5.97 Å². The van der Waals surface area contributed by atoms with Crippen molar-refractivity contribution in [1.29, 1.82) is 5.26 Å².